The van der Waals surface area contributed by atoms with Gasteiger partial charge in [0.2, 0.25) is 0 Å². The van der Waals surface area contributed by atoms with Crippen LogP contribution < -0.4 is 4.67 Å². The van der Waals surface area contributed by atoms with Gasteiger partial charge >= 0.3 is 11.6 Å². The van der Waals surface area contributed by atoms with Crippen molar-refractivity contribution in [2.75, 3.05) is 13.1 Å². The normalized spacial score (nSPS) is 22.8. The molecule has 0 aromatic heterocycles. The van der Waals surface area contributed by atoms with E-state index in [2.05, 4.69) is 41.4 Å². The van der Waals surface area contributed by atoms with Crippen molar-refractivity contribution in [2.45, 2.75) is 39.2 Å². The zero-order valence-corrected chi connectivity index (χ0v) is 10.9. The zero-order chi connectivity index (χ0) is 12.5. The zero-order valence-electron chi connectivity index (χ0n) is 10.9. The van der Waals surface area contributed by atoms with E-state index in [-0.39, 0.29) is 0 Å². The second-order valence-corrected chi connectivity index (χ2v) is 5.51. The third kappa shape index (κ3) is 2.89. The molecular weight excluding hydrogens is 212 g/mol. The van der Waals surface area contributed by atoms with E-state index in [0.29, 0.717) is 5.92 Å². The lowest BCUT2D eigenvalue weighted by Gasteiger charge is -2.36. The van der Waals surface area contributed by atoms with Crippen molar-refractivity contribution in [1.29, 1.82) is 0 Å². The lowest BCUT2D eigenvalue weighted by atomic mass is 9.93. The molecule has 1 fully saturated rings. The molecule has 17 heavy (non-hydrogen) atoms. The molecule has 3 heteroatoms. The van der Waals surface area contributed by atoms with Gasteiger partial charge in [-0.3, -0.25) is 0 Å². The molecule has 0 aliphatic carbocycles. The van der Waals surface area contributed by atoms with Crippen LogP contribution in [-0.2, 0) is 0 Å². The van der Waals surface area contributed by atoms with Gasteiger partial charge in [-0.15, -0.1) is 0 Å². The molecule has 0 saturated carbocycles. The van der Waals surface area contributed by atoms with Gasteiger partial charge in [-0.05, 0) is 30.5 Å². The Morgan fingerprint density at radius 1 is 1.35 bits per heavy atom. The number of hydrogen-bond donors (Lipinski definition) is 1. The molecule has 92 valence electrons. The van der Waals surface area contributed by atoms with E-state index >= 15 is 0 Å². The molecule has 0 spiro atoms. The van der Waals surface area contributed by atoms with Crippen LogP contribution in [0.2, 0.25) is 0 Å². The molecule has 3 nitrogen and oxygen atoms in total. The van der Waals surface area contributed by atoms with Gasteiger partial charge < -0.3 is 10.0 Å². The predicted molar refractivity (Wildman–Crippen MR) is 71.1 cm³/mol. The van der Waals surface area contributed by atoms with Crippen molar-refractivity contribution in [3.05, 3.63) is 17.8 Å². The topological polar surface area (TPSA) is 37.6 Å². The molecule has 1 saturated heterocycles. The van der Waals surface area contributed by atoms with Crippen molar-refractivity contribution in [3.63, 3.8) is 0 Å². The van der Waals surface area contributed by atoms with E-state index in [9.17, 15) is 5.11 Å². The average Bonchev–Trinajstić information content (AvgIpc) is 2.29. The van der Waals surface area contributed by atoms with Crippen LogP contribution in [0.5, 0.6) is 0 Å². The third-order valence-corrected chi connectivity index (χ3v) is 3.48. The van der Waals surface area contributed by atoms with Crippen LogP contribution in [0.15, 0.2) is 17.8 Å². The molecule has 0 aromatic carbocycles. The Hall–Kier alpha value is -1.27. The maximum absolute atomic E-state index is 9.90. The van der Waals surface area contributed by atoms with E-state index in [0.717, 1.165) is 37.3 Å². The Balaban J connectivity index is 2.12. The summed E-state index contributed by atoms with van der Waals surface area (Å²) in [4.78, 5) is 2.25. The molecule has 2 rings (SSSR count). The minimum atomic E-state index is -0.498. The van der Waals surface area contributed by atoms with Crippen molar-refractivity contribution < 1.29 is 5.11 Å². The molecule has 2 aliphatic rings. The van der Waals surface area contributed by atoms with Crippen LogP contribution in [0.25, 0.3) is 0 Å². The van der Waals surface area contributed by atoms with E-state index in [1.807, 2.05) is 6.92 Å². The number of hydrogen-bond acceptors (Lipinski definition) is 2. The standard InChI is InChI=1S/C14H21N2O/c1-11(2)13-5-4-12(10-15-13)16-8-6-14(3,17)7-9-16/h4-5,11,17H,6-9H2,1-3H3/q+1. The van der Waals surface area contributed by atoms with Crippen molar-refractivity contribution in [1.82, 2.24) is 9.57 Å². The van der Waals surface area contributed by atoms with Gasteiger partial charge in [-0.2, -0.15) is 0 Å². The molecule has 0 amide bonds. The Labute approximate surface area is 103 Å². The summed E-state index contributed by atoms with van der Waals surface area (Å²) in [6.45, 7) is 7.94. The van der Waals surface area contributed by atoms with Crippen molar-refractivity contribution >= 4 is 11.6 Å². The van der Waals surface area contributed by atoms with Crippen LogP contribution in [0.4, 0.5) is 0 Å². The minimum Gasteiger partial charge on any atom is -0.390 e. The molecule has 0 radical (unpaired) electrons. The van der Waals surface area contributed by atoms with Gasteiger partial charge in [-0.1, -0.05) is 13.8 Å². The number of rotatable bonds is 2. The molecular formula is C14H21N2O+. The number of aliphatic hydroxyl groups is 1. The van der Waals surface area contributed by atoms with Crippen LogP contribution in [0.3, 0.4) is 0 Å². The van der Waals surface area contributed by atoms with Gasteiger partial charge in [0.1, 0.15) is 0 Å². The minimum absolute atomic E-state index is 0.447. The molecule has 0 aromatic rings. The first-order valence-corrected chi connectivity index (χ1v) is 6.34. The fraction of sp³-hybridized carbons (Fsp3) is 0.643. The van der Waals surface area contributed by atoms with E-state index in [4.69, 9.17) is 0 Å². The Kier molecular flexibility index (Phi) is 3.26. The highest BCUT2D eigenvalue weighted by atomic mass is 16.3. The quantitative estimate of drug-likeness (QED) is 0.726. The maximum atomic E-state index is 9.90. The summed E-state index contributed by atoms with van der Waals surface area (Å²) >= 11 is 0. The molecule has 2 aliphatic heterocycles. The van der Waals surface area contributed by atoms with Crippen LogP contribution >= 0.6 is 0 Å². The summed E-state index contributed by atoms with van der Waals surface area (Å²) in [5.74, 6) is 3.56. The number of nitrogens with zero attached hydrogens (tertiary/aromatic N) is 2. The fourth-order valence-corrected chi connectivity index (χ4v) is 2.09. The van der Waals surface area contributed by atoms with Crippen LogP contribution in [0.1, 0.15) is 33.6 Å². The summed E-state index contributed by atoms with van der Waals surface area (Å²) in [5, 5.41) is 9.90. The second-order valence-electron chi connectivity index (χ2n) is 5.51. The molecule has 0 unspecified atom stereocenters. The maximum Gasteiger partial charge on any atom is 0.337 e. The Morgan fingerprint density at radius 2 is 2.00 bits per heavy atom. The monoisotopic (exact) mass is 233 g/mol. The van der Waals surface area contributed by atoms with Crippen molar-refractivity contribution in [2.24, 2.45) is 5.92 Å². The van der Waals surface area contributed by atoms with E-state index in [1.54, 1.807) is 0 Å². The Bertz CT molecular complexity index is 423. The average molecular weight is 233 g/mol. The van der Waals surface area contributed by atoms with Gasteiger partial charge in [0, 0.05) is 19.2 Å². The molecule has 0 atom stereocenters. The summed E-state index contributed by atoms with van der Waals surface area (Å²) in [5.41, 5.74) is 1.63. The summed E-state index contributed by atoms with van der Waals surface area (Å²) in [7, 11) is 0. The largest absolute Gasteiger partial charge is 0.390 e. The van der Waals surface area contributed by atoms with Gasteiger partial charge in [-0.25, -0.2) is 0 Å². The molecule has 0 bridgehead atoms. The smallest absolute Gasteiger partial charge is 0.337 e. The second kappa shape index (κ2) is 4.54. The first-order chi connectivity index (χ1) is 7.98. The van der Waals surface area contributed by atoms with E-state index < -0.39 is 5.60 Å². The Morgan fingerprint density at radius 3 is 2.47 bits per heavy atom. The highest BCUT2D eigenvalue weighted by Crippen LogP contribution is 2.23. The van der Waals surface area contributed by atoms with Gasteiger partial charge in [0.25, 0.3) is 0 Å². The number of piperidine rings is 1. The SMILES string of the molecule is CC(C)C1=[N+]=C=C(N2CCC(C)(O)CC2)C=C1. The summed E-state index contributed by atoms with van der Waals surface area (Å²) < 4.78 is 4.36. The predicted octanol–water partition coefficient (Wildman–Crippen LogP) is 1.12. The lowest BCUT2D eigenvalue weighted by Crippen LogP contribution is -2.42. The van der Waals surface area contributed by atoms with Crippen molar-refractivity contribution in [3.8, 4) is 0 Å². The summed E-state index contributed by atoms with van der Waals surface area (Å²) in [6.07, 6.45) is 5.78. The van der Waals surface area contributed by atoms with Gasteiger partial charge in [0.05, 0.1) is 11.5 Å². The van der Waals surface area contributed by atoms with E-state index in [1.165, 1.54) is 0 Å². The summed E-state index contributed by atoms with van der Waals surface area (Å²) in [6, 6.07) is 0. The first-order valence-electron chi connectivity index (χ1n) is 6.34. The van der Waals surface area contributed by atoms with Gasteiger partial charge in [0.15, 0.2) is 5.70 Å². The molecule has 1 N–H and O–H groups in total. The number of likely N-dealkylation sites (tertiary alicyclic amines) is 1. The van der Waals surface area contributed by atoms with Crippen LogP contribution in [0, 0.1) is 5.92 Å². The fourth-order valence-electron chi connectivity index (χ4n) is 2.09. The highest BCUT2D eigenvalue weighted by Gasteiger charge is 2.29. The third-order valence-electron chi connectivity index (χ3n) is 3.48. The molecule has 2 heterocycles. The number of allylic oxidation sites excluding steroid dienone is 2. The lowest BCUT2D eigenvalue weighted by molar-refractivity contribution is 0.00404. The highest BCUT2D eigenvalue weighted by molar-refractivity contribution is 5.99. The van der Waals surface area contributed by atoms with Crippen LogP contribution in [-0.4, -0.2) is 40.3 Å². The first kappa shape index (κ1) is 12.2.